The minimum Gasteiger partial charge on any atom is -0.468 e. The molecule has 0 bridgehead atoms. The molecule has 3 aromatic rings. The van der Waals surface area contributed by atoms with Crippen LogP contribution in [-0.4, -0.2) is 74.0 Å². The standard InChI is InChI=1S/C33H37N3O4/c1-40-31(38)24-34-32(39)33(28-15-7-5-13-26(28)27-14-6-8-16-29(27)33)17-9-10-18-35-19-21-36(22-20-35)30(37)23-25-11-3-2-4-12-25/h2-8,11-16H,9-10,17-24H2,1H3,(H,34,39). The number of fused-ring (bicyclic) bond motifs is 3. The number of ether oxygens (including phenoxy) is 1. The molecule has 1 fully saturated rings. The van der Waals surface area contributed by atoms with E-state index in [1.54, 1.807) is 0 Å². The topological polar surface area (TPSA) is 79.0 Å². The lowest BCUT2D eigenvalue weighted by Crippen LogP contribution is -2.49. The minimum absolute atomic E-state index is 0.158. The third kappa shape index (κ3) is 5.65. The fourth-order valence-corrected chi connectivity index (χ4v) is 6.16. The number of unbranched alkanes of at least 4 members (excludes halogenated alkanes) is 1. The summed E-state index contributed by atoms with van der Waals surface area (Å²) in [6, 6.07) is 26.1. The van der Waals surface area contributed by atoms with Crippen LogP contribution in [0, 0.1) is 0 Å². The number of benzene rings is 3. The summed E-state index contributed by atoms with van der Waals surface area (Å²) in [5, 5.41) is 2.86. The number of carbonyl (C=O) groups excluding carboxylic acids is 3. The van der Waals surface area contributed by atoms with E-state index in [1.807, 2.05) is 71.6 Å². The number of esters is 1. The van der Waals surface area contributed by atoms with E-state index < -0.39 is 11.4 Å². The summed E-state index contributed by atoms with van der Waals surface area (Å²) in [5.74, 6) is -0.449. The van der Waals surface area contributed by atoms with Gasteiger partial charge in [-0.05, 0) is 47.2 Å². The lowest BCUT2D eigenvalue weighted by Gasteiger charge is -2.35. The first-order valence-electron chi connectivity index (χ1n) is 14.1. The smallest absolute Gasteiger partial charge is 0.325 e. The maximum atomic E-state index is 13.9. The molecule has 7 nitrogen and oxygen atoms in total. The van der Waals surface area contributed by atoms with Crippen molar-refractivity contribution >= 4 is 17.8 Å². The van der Waals surface area contributed by atoms with Gasteiger partial charge in [0.1, 0.15) is 12.0 Å². The fourth-order valence-electron chi connectivity index (χ4n) is 6.16. The Morgan fingerprint density at radius 1 is 0.800 bits per heavy atom. The van der Waals surface area contributed by atoms with E-state index in [2.05, 4.69) is 22.3 Å². The highest BCUT2D eigenvalue weighted by molar-refractivity contribution is 6.01. The van der Waals surface area contributed by atoms with E-state index in [-0.39, 0.29) is 18.4 Å². The summed E-state index contributed by atoms with van der Waals surface area (Å²) in [5.41, 5.74) is 4.32. The Morgan fingerprint density at radius 2 is 1.40 bits per heavy atom. The predicted octanol–water partition coefficient (Wildman–Crippen LogP) is 3.80. The van der Waals surface area contributed by atoms with Crippen LogP contribution in [0.2, 0.25) is 0 Å². The molecular formula is C33H37N3O4. The van der Waals surface area contributed by atoms with E-state index in [0.29, 0.717) is 12.8 Å². The van der Waals surface area contributed by atoms with E-state index in [9.17, 15) is 14.4 Å². The van der Waals surface area contributed by atoms with Gasteiger partial charge in [0.2, 0.25) is 11.8 Å². The number of rotatable bonds is 10. The average Bonchev–Trinajstić information content (AvgIpc) is 3.29. The molecule has 0 radical (unpaired) electrons. The van der Waals surface area contributed by atoms with Crippen LogP contribution in [0.3, 0.4) is 0 Å². The molecule has 1 aliphatic heterocycles. The normalized spacial score (nSPS) is 15.7. The molecule has 1 N–H and O–H groups in total. The summed E-state index contributed by atoms with van der Waals surface area (Å²) >= 11 is 0. The second-order valence-corrected chi connectivity index (χ2v) is 10.6. The van der Waals surface area contributed by atoms with Crippen molar-refractivity contribution in [2.24, 2.45) is 0 Å². The highest BCUT2D eigenvalue weighted by Crippen LogP contribution is 2.51. The number of piperazine rings is 1. The summed E-state index contributed by atoms with van der Waals surface area (Å²) in [6.07, 6.45) is 2.88. The van der Waals surface area contributed by atoms with Crippen LogP contribution in [0.15, 0.2) is 78.9 Å². The van der Waals surface area contributed by atoms with Crippen LogP contribution >= 0.6 is 0 Å². The van der Waals surface area contributed by atoms with Crippen molar-refractivity contribution in [3.05, 3.63) is 95.6 Å². The van der Waals surface area contributed by atoms with Gasteiger partial charge in [-0.2, -0.15) is 0 Å². The molecule has 40 heavy (non-hydrogen) atoms. The molecule has 208 valence electrons. The molecule has 0 unspecified atom stereocenters. The van der Waals surface area contributed by atoms with Crippen molar-refractivity contribution in [1.29, 1.82) is 0 Å². The highest BCUT2D eigenvalue weighted by atomic mass is 16.5. The first-order chi connectivity index (χ1) is 19.5. The lowest BCUT2D eigenvalue weighted by atomic mass is 9.73. The second kappa shape index (κ2) is 12.5. The maximum absolute atomic E-state index is 13.9. The lowest BCUT2D eigenvalue weighted by molar-refractivity contribution is -0.141. The predicted molar refractivity (Wildman–Crippen MR) is 155 cm³/mol. The van der Waals surface area contributed by atoms with Gasteiger partial charge >= 0.3 is 5.97 Å². The van der Waals surface area contributed by atoms with Gasteiger partial charge in [-0.3, -0.25) is 19.3 Å². The molecule has 5 rings (SSSR count). The molecule has 1 aliphatic carbocycles. The van der Waals surface area contributed by atoms with Gasteiger partial charge in [0.15, 0.2) is 0 Å². The molecule has 0 aromatic heterocycles. The zero-order chi connectivity index (χ0) is 28.0. The molecule has 0 saturated carbocycles. The van der Waals surface area contributed by atoms with Gasteiger partial charge in [0.25, 0.3) is 0 Å². The third-order valence-electron chi connectivity index (χ3n) is 8.27. The molecule has 1 heterocycles. The third-order valence-corrected chi connectivity index (χ3v) is 8.27. The number of carbonyl (C=O) groups is 3. The Balaban J connectivity index is 1.21. The summed E-state index contributed by atoms with van der Waals surface area (Å²) in [4.78, 5) is 42.8. The highest BCUT2D eigenvalue weighted by Gasteiger charge is 2.48. The van der Waals surface area contributed by atoms with Crippen molar-refractivity contribution in [2.75, 3.05) is 46.4 Å². The van der Waals surface area contributed by atoms with E-state index in [4.69, 9.17) is 4.74 Å². The number of nitrogens with one attached hydrogen (secondary N) is 1. The Kier molecular flexibility index (Phi) is 8.60. The van der Waals surface area contributed by atoms with Crippen molar-refractivity contribution in [3.63, 3.8) is 0 Å². The molecular weight excluding hydrogens is 502 g/mol. The van der Waals surface area contributed by atoms with Gasteiger partial charge in [0.05, 0.1) is 13.5 Å². The summed E-state index contributed by atoms with van der Waals surface area (Å²) in [7, 11) is 1.32. The van der Waals surface area contributed by atoms with Gasteiger partial charge in [-0.25, -0.2) is 0 Å². The molecule has 3 aromatic carbocycles. The number of methoxy groups -OCH3 is 1. The molecule has 0 atom stereocenters. The number of hydrogen-bond acceptors (Lipinski definition) is 5. The van der Waals surface area contributed by atoms with Crippen LogP contribution < -0.4 is 5.32 Å². The van der Waals surface area contributed by atoms with Crippen molar-refractivity contribution in [2.45, 2.75) is 31.1 Å². The van der Waals surface area contributed by atoms with Crippen LogP contribution in [0.25, 0.3) is 11.1 Å². The Labute approximate surface area is 236 Å². The first-order valence-corrected chi connectivity index (χ1v) is 14.1. The maximum Gasteiger partial charge on any atom is 0.325 e. The molecule has 1 saturated heterocycles. The zero-order valence-electron chi connectivity index (χ0n) is 23.1. The summed E-state index contributed by atoms with van der Waals surface area (Å²) < 4.78 is 4.77. The van der Waals surface area contributed by atoms with E-state index >= 15 is 0 Å². The first kappa shape index (κ1) is 27.6. The van der Waals surface area contributed by atoms with Crippen LogP contribution in [0.1, 0.15) is 36.0 Å². The zero-order valence-corrected chi connectivity index (χ0v) is 23.1. The molecule has 2 amide bonds. The minimum atomic E-state index is -0.857. The van der Waals surface area contributed by atoms with Crippen LogP contribution in [0.5, 0.6) is 0 Å². The van der Waals surface area contributed by atoms with Crippen LogP contribution in [0.4, 0.5) is 0 Å². The van der Waals surface area contributed by atoms with Crippen LogP contribution in [-0.2, 0) is 31.0 Å². The van der Waals surface area contributed by atoms with E-state index in [1.165, 1.54) is 7.11 Å². The molecule has 2 aliphatic rings. The summed E-state index contributed by atoms with van der Waals surface area (Å²) in [6.45, 7) is 3.96. The quantitative estimate of drug-likeness (QED) is 0.313. The monoisotopic (exact) mass is 539 g/mol. The van der Waals surface area contributed by atoms with Gasteiger partial charge in [-0.15, -0.1) is 0 Å². The SMILES string of the molecule is COC(=O)CNC(=O)C1(CCCCN2CCN(C(=O)Cc3ccccc3)CC2)c2ccccc2-c2ccccc21. The number of hydrogen-bond donors (Lipinski definition) is 1. The van der Waals surface area contributed by atoms with Crippen molar-refractivity contribution in [1.82, 2.24) is 15.1 Å². The van der Waals surface area contributed by atoms with Crippen molar-refractivity contribution < 1.29 is 19.1 Å². The Morgan fingerprint density at radius 3 is 2.02 bits per heavy atom. The Bertz CT molecular complexity index is 1300. The second-order valence-electron chi connectivity index (χ2n) is 10.6. The average molecular weight is 540 g/mol. The number of amides is 2. The number of nitrogens with zero attached hydrogens (tertiary/aromatic N) is 2. The van der Waals surface area contributed by atoms with Crippen molar-refractivity contribution in [3.8, 4) is 11.1 Å². The largest absolute Gasteiger partial charge is 0.468 e. The van der Waals surface area contributed by atoms with E-state index in [0.717, 1.165) is 73.4 Å². The molecule has 7 heteroatoms. The van der Waals surface area contributed by atoms with Gasteiger partial charge in [-0.1, -0.05) is 85.3 Å². The Hall–Kier alpha value is -3.97. The van der Waals surface area contributed by atoms with Gasteiger partial charge in [0, 0.05) is 26.2 Å². The fraction of sp³-hybridized carbons (Fsp3) is 0.364. The molecule has 0 spiro atoms. The van der Waals surface area contributed by atoms with Gasteiger partial charge < -0.3 is 15.0 Å².